The van der Waals surface area contributed by atoms with E-state index in [9.17, 15) is 18.0 Å². The van der Waals surface area contributed by atoms with Gasteiger partial charge in [-0.2, -0.15) is 4.31 Å². The van der Waals surface area contributed by atoms with Crippen molar-refractivity contribution in [2.45, 2.75) is 11.3 Å². The number of rotatable bonds is 2. The van der Waals surface area contributed by atoms with Crippen LogP contribution in [0.4, 0.5) is 5.69 Å². The predicted octanol–water partition coefficient (Wildman–Crippen LogP) is 0.116. The molecule has 8 nitrogen and oxygen atoms in total. The van der Waals surface area contributed by atoms with Gasteiger partial charge in [0, 0.05) is 26.7 Å². The predicted molar refractivity (Wildman–Crippen MR) is 88.6 cm³/mol. The second-order valence-corrected chi connectivity index (χ2v) is 8.67. The average Bonchev–Trinajstić information content (AvgIpc) is 3.03. The van der Waals surface area contributed by atoms with Crippen molar-refractivity contribution in [1.29, 1.82) is 0 Å². The van der Waals surface area contributed by atoms with Crippen molar-refractivity contribution in [3.63, 3.8) is 0 Å². The molecule has 25 heavy (non-hydrogen) atoms. The van der Waals surface area contributed by atoms with Gasteiger partial charge >= 0.3 is 0 Å². The van der Waals surface area contributed by atoms with Crippen molar-refractivity contribution in [3.05, 3.63) is 18.2 Å². The normalized spacial score (nSPS) is 26.7. The Bertz CT molecular complexity index is 853. The highest BCUT2D eigenvalue weighted by atomic mass is 32.2. The molecule has 134 valence electrons. The molecule has 0 unspecified atom stereocenters. The number of nitrogens with one attached hydrogen (secondary N) is 1. The number of anilines is 1. The SMILES string of the molecule is CN1CC[C@@H]2CN(S(=O)(=O)c3ccc4c(c3)NC(=O)CO4)C[C@@H]2C1=O. The zero-order chi connectivity index (χ0) is 17.8. The monoisotopic (exact) mass is 365 g/mol. The highest BCUT2D eigenvalue weighted by Gasteiger charge is 2.45. The number of amides is 2. The molecule has 0 spiro atoms. The van der Waals surface area contributed by atoms with Crippen LogP contribution in [0.3, 0.4) is 0 Å². The summed E-state index contributed by atoms with van der Waals surface area (Å²) in [4.78, 5) is 25.5. The molecule has 3 heterocycles. The summed E-state index contributed by atoms with van der Waals surface area (Å²) in [6, 6.07) is 4.43. The van der Waals surface area contributed by atoms with E-state index in [2.05, 4.69) is 5.32 Å². The first kappa shape index (κ1) is 16.3. The molecule has 2 atom stereocenters. The molecular formula is C16H19N3O5S. The molecule has 0 aromatic heterocycles. The lowest BCUT2D eigenvalue weighted by molar-refractivity contribution is -0.137. The Labute approximate surface area is 145 Å². The third-order valence-corrected chi connectivity index (χ3v) is 6.99. The van der Waals surface area contributed by atoms with Crippen LogP contribution in [0, 0.1) is 11.8 Å². The zero-order valence-electron chi connectivity index (χ0n) is 13.8. The van der Waals surface area contributed by atoms with Crippen LogP contribution in [0.5, 0.6) is 5.75 Å². The number of hydrogen-bond acceptors (Lipinski definition) is 5. The molecule has 0 radical (unpaired) electrons. The summed E-state index contributed by atoms with van der Waals surface area (Å²) in [5.74, 6) is -0.0540. The quantitative estimate of drug-likeness (QED) is 0.803. The first-order chi connectivity index (χ1) is 11.9. The van der Waals surface area contributed by atoms with Gasteiger partial charge < -0.3 is 15.0 Å². The van der Waals surface area contributed by atoms with E-state index < -0.39 is 10.0 Å². The number of piperidine rings is 1. The topological polar surface area (TPSA) is 96.0 Å². The lowest BCUT2D eigenvalue weighted by Crippen LogP contribution is -2.42. The zero-order valence-corrected chi connectivity index (χ0v) is 14.6. The smallest absolute Gasteiger partial charge is 0.262 e. The summed E-state index contributed by atoms with van der Waals surface area (Å²) in [7, 11) is -1.98. The molecule has 1 aromatic carbocycles. The molecule has 0 aliphatic carbocycles. The van der Waals surface area contributed by atoms with Gasteiger partial charge in [-0.05, 0) is 30.5 Å². The van der Waals surface area contributed by atoms with E-state index in [4.69, 9.17) is 4.74 Å². The van der Waals surface area contributed by atoms with Crippen LogP contribution in [-0.4, -0.2) is 62.7 Å². The van der Waals surface area contributed by atoms with E-state index in [1.54, 1.807) is 18.0 Å². The molecule has 2 fully saturated rings. The van der Waals surface area contributed by atoms with Crippen LogP contribution in [0.2, 0.25) is 0 Å². The van der Waals surface area contributed by atoms with E-state index >= 15 is 0 Å². The van der Waals surface area contributed by atoms with Crippen molar-refractivity contribution >= 4 is 27.5 Å². The van der Waals surface area contributed by atoms with Gasteiger partial charge in [0.1, 0.15) is 5.75 Å². The minimum absolute atomic E-state index is 0.0139. The Balaban J connectivity index is 1.61. The molecule has 2 amide bonds. The summed E-state index contributed by atoms with van der Waals surface area (Å²) in [5, 5.41) is 2.62. The van der Waals surface area contributed by atoms with Crippen LogP contribution in [0.15, 0.2) is 23.1 Å². The van der Waals surface area contributed by atoms with Gasteiger partial charge in [-0.1, -0.05) is 0 Å². The molecular weight excluding hydrogens is 346 g/mol. The molecule has 2 saturated heterocycles. The Morgan fingerprint density at radius 3 is 2.84 bits per heavy atom. The fourth-order valence-corrected chi connectivity index (χ4v) is 5.27. The van der Waals surface area contributed by atoms with Crippen LogP contribution in [0.25, 0.3) is 0 Å². The number of carbonyl (C=O) groups is 2. The molecule has 0 saturated carbocycles. The summed E-state index contributed by atoms with van der Waals surface area (Å²) in [6.45, 7) is 1.14. The Morgan fingerprint density at radius 2 is 2.04 bits per heavy atom. The lowest BCUT2D eigenvalue weighted by Gasteiger charge is -2.30. The Morgan fingerprint density at radius 1 is 1.24 bits per heavy atom. The Hall–Kier alpha value is -2.13. The second-order valence-electron chi connectivity index (χ2n) is 6.73. The van der Waals surface area contributed by atoms with E-state index in [0.717, 1.165) is 6.42 Å². The number of nitrogens with zero attached hydrogens (tertiary/aromatic N) is 2. The van der Waals surface area contributed by atoms with Crippen molar-refractivity contribution in [1.82, 2.24) is 9.21 Å². The maximum atomic E-state index is 13.0. The van der Waals surface area contributed by atoms with Gasteiger partial charge in [0.2, 0.25) is 15.9 Å². The first-order valence-electron chi connectivity index (χ1n) is 8.18. The van der Waals surface area contributed by atoms with Gasteiger partial charge in [0.15, 0.2) is 6.61 Å². The third-order valence-electron chi connectivity index (χ3n) is 5.16. The number of benzene rings is 1. The van der Waals surface area contributed by atoms with Crippen molar-refractivity contribution in [2.75, 3.05) is 38.6 Å². The maximum Gasteiger partial charge on any atom is 0.262 e. The standard InChI is InChI=1S/C16H19N3O5S/c1-18-5-4-10-7-19(8-12(10)16(18)21)25(22,23)11-2-3-14-13(6-11)17-15(20)9-24-14/h2-3,6,10,12H,4-5,7-9H2,1H3,(H,17,20)/t10-,12+/m1/s1. The van der Waals surface area contributed by atoms with E-state index in [0.29, 0.717) is 24.5 Å². The van der Waals surface area contributed by atoms with Gasteiger partial charge in [0.05, 0.1) is 16.5 Å². The minimum Gasteiger partial charge on any atom is -0.482 e. The highest BCUT2D eigenvalue weighted by molar-refractivity contribution is 7.89. The highest BCUT2D eigenvalue weighted by Crippen LogP contribution is 2.36. The summed E-state index contributed by atoms with van der Waals surface area (Å²) >= 11 is 0. The van der Waals surface area contributed by atoms with Crippen LogP contribution in [-0.2, 0) is 19.6 Å². The van der Waals surface area contributed by atoms with Gasteiger partial charge in [0.25, 0.3) is 5.91 Å². The minimum atomic E-state index is -3.73. The van der Waals surface area contributed by atoms with Gasteiger partial charge in [-0.3, -0.25) is 9.59 Å². The molecule has 9 heteroatoms. The van der Waals surface area contributed by atoms with Gasteiger partial charge in [-0.25, -0.2) is 8.42 Å². The molecule has 3 aliphatic rings. The number of carbonyl (C=O) groups excluding carboxylic acids is 2. The number of hydrogen-bond donors (Lipinski definition) is 1. The number of fused-ring (bicyclic) bond motifs is 2. The number of sulfonamides is 1. The van der Waals surface area contributed by atoms with Gasteiger partial charge in [-0.15, -0.1) is 0 Å². The maximum absolute atomic E-state index is 13.0. The van der Waals surface area contributed by atoms with E-state index in [-0.39, 0.29) is 41.7 Å². The van der Waals surface area contributed by atoms with E-state index in [1.807, 2.05) is 0 Å². The molecule has 0 bridgehead atoms. The summed E-state index contributed by atoms with van der Waals surface area (Å²) in [6.07, 6.45) is 0.813. The Kier molecular flexibility index (Phi) is 3.73. The largest absolute Gasteiger partial charge is 0.482 e. The van der Waals surface area contributed by atoms with Crippen molar-refractivity contribution < 1.29 is 22.7 Å². The van der Waals surface area contributed by atoms with Crippen LogP contribution in [0.1, 0.15) is 6.42 Å². The van der Waals surface area contributed by atoms with E-state index in [1.165, 1.54) is 16.4 Å². The molecule has 3 aliphatic heterocycles. The third kappa shape index (κ3) is 2.67. The summed E-state index contributed by atoms with van der Waals surface area (Å²) in [5.41, 5.74) is 0.352. The average molecular weight is 365 g/mol. The number of likely N-dealkylation sites (tertiary alicyclic amines) is 1. The molecule has 1 N–H and O–H groups in total. The second kappa shape index (κ2) is 5.70. The molecule has 1 aromatic rings. The van der Waals surface area contributed by atoms with Crippen molar-refractivity contribution in [2.24, 2.45) is 11.8 Å². The van der Waals surface area contributed by atoms with Crippen LogP contribution < -0.4 is 10.1 Å². The fraction of sp³-hybridized carbons (Fsp3) is 0.500. The fourth-order valence-electron chi connectivity index (χ4n) is 3.72. The van der Waals surface area contributed by atoms with Crippen LogP contribution >= 0.6 is 0 Å². The van der Waals surface area contributed by atoms with Crippen molar-refractivity contribution in [3.8, 4) is 5.75 Å². The number of ether oxygens (including phenoxy) is 1. The first-order valence-corrected chi connectivity index (χ1v) is 9.62. The lowest BCUT2D eigenvalue weighted by atomic mass is 9.88. The molecule has 4 rings (SSSR count). The summed E-state index contributed by atoms with van der Waals surface area (Å²) < 4.78 is 32.6.